The van der Waals surface area contributed by atoms with Gasteiger partial charge in [0, 0.05) is 3.57 Å². The van der Waals surface area contributed by atoms with E-state index in [1.165, 1.54) is 10.8 Å². The molecule has 0 spiro atoms. The molecule has 0 aliphatic carbocycles. The molecule has 0 aliphatic heterocycles. The molecule has 0 N–H and O–H groups in total. The number of rotatable bonds is 7. The molecule has 33 heavy (non-hydrogen) atoms. The lowest BCUT2D eigenvalue weighted by Crippen LogP contribution is -2.02. The van der Waals surface area contributed by atoms with Crippen molar-refractivity contribution in [3.05, 3.63) is 103 Å². The van der Waals surface area contributed by atoms with Crippen molar-refractivity contribution in [1.82, 2.24) is 0 Å². The highest BCUT2D eigenvalue weighted by Crippen LogP contribution is 2.36. The lowest BCUT2D eigenvalue weighted by atomic mass is 10.0. The molecule has 0 aromatic heterocycles. The first-order chi connectivity index (χ1) is 16.1. The smallest absolute Gasteiger partial charge is 0.175 e. The lowest BCUT2D eigenvalue weighted by molar-refractivity contribution is 0.268. The Hall–Kier alpha value is -2.57. The van der Waals surface area contributed by atoms with Crippen molar-refractivity contribution in [2.75, 3.05) is 6.61 Å². The largest absolute Gasteiger partial charge is 0.490 e. The number of hydrogen-bond acceptors (Lipinski definition) is 3. The number of nitriles is 1. The molecular formula is C28H21I2NO2. The van der Waals surface area contributed by atoms with E-state index in [0.29, 0.717) is 24.5 Å². The zero-order chi connectivity index (χ0) is 23.2. The van der Waals surface area contributed by atoms with Crippen LogP contribution in [-0.4, -0.2) is 6.61 Å². The van der Waals surface area contributed by atoms with Gasteiger partial charge in [0.1, 0.15) is 6.61 Å². The molecule has 0 bridgehead atoms. The molecule has 4 rings (SSSR count). The van der Waals surface area contributed by atoms with Crippen LogP contribution in [0.15, 0.2) is 78.9 Å². The van der Waals surface area contributed by atoms with E-state index in [1.807, 2.05) is 61.5 Å². The molecule has 0 atom stereocenters. The summed E-state index contributed by atoms with van der Waals surface area (Å²) in [6.07, 6.45) is 1.89. The Labute approximate surface area is 221 Å². The van der Waals surface area contributed by atoms with Crippen LogP contribution in [0.1, 0.15) is 23.6 Å². The van der Waals surface area contributed by atoms with Gasteiger partial charge in [0.25, 0.3) is 0 Å². The number of fused-ring (bicyclic) bond motifs is 1. The van der Waals surface area contributed by atoms with Crippen LogP contribution in [0.5, 0.6) is 11.5 Å². The summed E-state index contributed by atoms with van der Waals surface area (Å²) < 4.78 is 14.3. The first kappa shape index (κ1) is 23.6. The minimum absolute atomic E-state index is 0.443. The molecule has 0 heterocycles. The summed E-state index contributed by atoms with van der Waals surface area (Å²) in [6.45, 7) is 2.92. The molecule has 0 fully saturated rings. The van der Waals surface area contributed by atoms with E-state index in [2.05, 4.69) is 81.6 Å². The van der Waals surface area contributed by atoms with Crippen LogP contribution in [0.25, 0.3) is 22.4 Å². The summed E-state index contributed by atoms with van der Waals surface area (Å²) in [7, 11) is 0. The summed E-state index contributed by atoms with van der Waals surface area (Å²) in [6, 6.07) is 28.8. The maximum atomic E-state index is 9.73. The number of halogens is 2. The van der Waals surface area contributed by atoms with E-state index in [9.17, 15) is 5.26 Å². The van der Waals surface area contributed by atoms with Crippen molar-refractivity contribution in [1.29, 1.82) is 5.26 Å². The molecule has 4 aromatic carbocycles. The highest BCUT2D eigenvalue weighted by atomic mass is 127. The van der Waals surface area contributed by atoms with Gasteiger partial charge in [-0.25, -0.2) is 0 Å². The van der Waals surface area contributed by atoms with Crippen LogP contribution in [0, 0.1) is 18.5 Å². The molecule has 5 heteroatoms. The molecule has 0 saturated carbocycles. The molecule has 0 aliphatic rings. The Morgan fingerprint density at radius 2 is 1.70 bits per heavy atom. The van der Waals surface area contributed by atoms with Gasteiger partial charge in [0.15, 0.2) is 11.5 Å². The average Bonchev–Trinajstić information content (AvgIpc) is 2.83. The molecule has 4 aromatic rings. The van der Waals surface area contributed by atoms with Gasteiger partial charge in [0.2, 0.25) is 0 Å². The molecular weight excluding hydrogens is 636 g/mol. The third kappa shape index (κ3) is 5.68. The number of allylic oxidation sites excluding steroid dienone is 1. The third-order valence-electron chi connectivity index (χ3n) is 5.17. The minimum atomic E-state index is 0.443. The van der Waals surface area contributed by atoms with Crippen LogP contribution >= 0.6 is 45.2 Å². The predicted molar refractivity (Wildman–Crippen MR) is 151 cm³/mol. The van der Waals surface area contributed by atoms with Gasteiger partial charge >= 0.3 is 0 Å². The topological polar surface area (TPSA) is 42.2 Å². The number of nitrogens with zero attached hydrogens (tertiary/aromatic N) is 1. The average molecular weight is 657 g/mol. The molecule has 0 amide bonds. The second kappa shape index (κ2) is 11.0. The van der Waals surface area contributed by atoms with Crippen LogP contribution < -0.4 is 9.47 Å². The molecule has 164 valence electrons. The number of ether oxygens (including phenoxy) is 2. The second-order valence-corrected chi connectivity index (χ2v) is 9.77. The van der Waals surface area contributed by atoms with Gasteiger partial charge < -0.3 is 9.47 Å². The van der Waals surface area contributed by atoms with Crippen molar-refractivity contribution in [3.8, 4) is 17.6 Å². The third-order valence-corrected chi connectivity index (χ3v) is 6.69. The van der Waals surface area contributed by atoms with E-state index < -0.39 is 0 Å². The van der Waals surface area contributed by atoms with Gasteiger partial charge in [-0.15, -0.1) is 0 Å². The Balaban J connectivity index is 1.65. The standard InChI is InChI=1S/C28H21I2NO2/c1-2-32-27-16-19(14-23(17-31)20-10-12-24(29)13-11-20)15-26(30)28(27)33-18-22-8-5-7-21-6-3-4-9-25(21)22/h3-16H,2,18H2,1H3/b23-14-. The molecule has 3 nitrogen and oxygen atoms in total. The van der Waals surface area contributed by atoms with Crippen molar-refractivity contribution in [2.45, 2.75) is 13.5 Å². The summed E-state index contributed by atoms with van der Waals surface area (Å²) in [5.41, 5.74) is 3.52. The van der Waals surface area contributed by atoms with Crippen molar-refractivity contribution in [3.63, 3.8) is 0 Å². The second-order valence-electron chi connectivity index (χ2n) is 7.37. The first-order valence-corrected chi connectivity index (χ1v) is 12.7. The quantitative estimate of drug-likeness (QED) is 0.115. The molecule has 0 saturated heterocycles. The van der Waals surface area contributed by atoms with Gasteiger partial charge in [-0.3, -0.25) is 0 Å². The number of hydrogen-bond donors (Lipinski definition) is 0. The number of benzene rings is 4. The van der Waals surface area contributed by atoms with Gasteiger partial charge in [-0.2, -0.15) is 5.26 Å². The first-order valence-electron chi connectivity index (χ1n) is 10.5. The molecule has 0 unspecified atom stereocenters. The molecule has 0 radical (unpaired) electrons. The monoisotopic (exact) mass is 657 g/mol. The summed E-state index contributed by atoms with van der Waals surface area (Å²) in [5, 5.41) is 12.1. The van der Waals surface area contributed by atoms with Gasteiger partial charge in [-0.1, -0.05) is 54.6 Å². The Morgan fingerprint density at radius 1 is 0.939 bits per heavy atom. The predicted octanol–water partition coefficient (Wildman–Crippen LogP) is 8.09. The van der Waals surface area contributed by atoms with E-state index >= 15 is 0 Å². The minimum Gasteiger partial charge on any atom is -0.490 e. The maximum absolute atomic E-state index is 9.73. The fourth-order valence-corrected chi connectivity index (χ4v) is 4.76. The van der Waals surface area contributed by atoms with Crippen molar-refractivity contribution in [2.24, 2.45) is 0 Å². The van der Waals surface area contributed by atoms with Crippen LogP contribution in [-0.2, 0) is 6.61 Å². The zero-order valence-electron chi connectivity index (χ0n) is 18.0. The zero-order valence-corrected chi connectivity index (χ0v) is 22.3. The van der Waals surface area contributed by atoms with Crippen molar-refractivity contribution < 1.29 is 9.47 Å². The summed E-state index contributed by atoms with van der Waals surface area (Å²) in [5.74, 6) is 1.39. The van der Waals surface area contributed by atoms with Crippen LogP contribution in [0.3, 0.4) is 0 Å². The van der Waals surface area contributed by atoms with E-state index in [-0.39, 0.29) is 0 Å². The lowest BCUT2D eigenvalue weighted by Gasteiger charge is -2.16. The highest BCUT2D eigenvalue weighted by molar-refractivity contribution is 14.1. The highest BCUT2D eigenvalue weighted by Gasteiger charge is 2.14. The Morgan fingerprint density at radius 3 is 2.45 bits per heavy atom. The van der Waals surface area contributed by atoms with Crippen LogP contribution in [0.2, 0.25) is 0 Å². The Kier molecular flexibility index (Phi) is 7.89. The summed E-state index contributed by atoms with van der Waals surface area (Å²) in [4.78, 5) is 0. The van der Waals surface area contributed by atoms with Crippen LogP contribution in [0.4, 0.5) is 0 Å². The van der Waals surface area contributed by atoms with Gasteiger partial charge in [-0.05, 0) is 110 Å². The maximum Gasteiger partial charge on any atom is 0.175 e. The van der Waals surface area contributed by atoms with E-state index in [4.69, 9.17) is 9.47 Å². The van der Waals surface area contributed by atoms with Gasteiger partial charge in [0.05, 0.1) is 21.8 Å². The fraction of sp³-hybridized carbons (Fsp3) is 0.107. The Bertz CT molecular complexity index is 1350. The van der Waals surface area contributed by atoms with E-state index in [0.717, 1.165) is 29.6 Å². The normalized spacial score (nSPS) is 11.3. The fourth-order valence-electron chi connectivity index (χ4n) is 3.62. The summed E-state index contributed by atoms with van der Waals surface area (Å²) >= 11 is 4.53. The van der Waals surface area contributed by atoms with E-state index in [1.54, 1.807) is 0 Å². The SMILES string of the molecule is CCOc1cc(/C=C(/C#N)c2ccc(I)cc2)cc(I)c1OCc1cccc2ccccc12. The van der Waals surface area contributed by atoms with Crippen molar-refractivity contribution >= 4 is 67.6 Å².